The summed E-state index contributed by atoms with van der Waals surface area (Å²) in [4.78, 5) is 10.3. The lowest BCUT2D eigenvalue weighted by molar-refractivity contribution is -0.143. The zero-order valence-corrected chi connectivity index (χ0v) is 8.36. The van der Waals surface area contributed by atoms with E-state index in [9.17, 15) is 4.79 Å². The summed E-state index contributed by atoms with van der Waals surface area (Å²) >= 11 is 5.92. The van der Waals surface area contributed by atoms with Crippen molar-refractivity contribution in [2.75, 3.05) is 0 Å². The third-order valence-corrected chi connectivity index (χ3v) is 2.50. The lowest BCUT2D eigenvalue weighted by Gasteiger charge is -2.07. The standard InChI is InChI=1S/C9H15ClO2/c1-3-4-5-7-6-9(2,10)8(11)12-7/h7H,3-6H2,1-2H3. The van der Waals surface area contributed by atoms with Gasteiger partial charge in [-0.3, -0.25) is 4.79 Å². The highest BCUT2D eigenvalue weighted by Crippen LogP contribution is 2.33. The fourth-order valence-corrected chi connectivity index (χ4v) is 1.64. The molecular formula is C9H15ClO2. The van der Waals surface area contributed by atoms with Crippen molar-refractivity contribution < 1.29 is 9.53 Å². The number of alkyl halides is 1. The highest BCUT2D eigenvalue weighted by Gasteiger charge is 2.43. The molecule has 0 bridgehead atoms. The summed E-state index contributed by atoms with van der Waals surface area (Å²) in [5.74, 6) is -0.259. The van der Waals surface area contributed by atoms with E-state index in [2.05, 4.69) is 6.92 Å². The van der Waals surface area contributed by atoms with Crippen LogP contribution in [0.2, 0.25) is 0 Å². The Kier molecular flexibility index (Phi) is 2.99. The molecule has 1 saturated heterocycles. The number of rotatable bonds is 3. The van der Waals surface area contributed by atoms with Gasteiger partial charge in [0.05, 0.1) is 0 Å². The number of ether oxygens (including phenoxy) is 1. The molecule has 1 aliphatic rings. The van der Waals surface area contributed by atoms with E-state index in [1.54, 1.807) is 6.92 Å². The van der Waals surface area contributed by atoms with E-state index in [1.807, 2.05) is 0 Å². The van der Waals surface area contributed by atoms with Crippen molar-refractivity contribution in [1.29, 1.82) is 0 Å². The second-order valence-corrected chi connectivity index (χ2v) is 4.41. The minimum absolute atomic E-state index is 0.0555. The zero-order valence-electron chi connectivity index (χ0n) is 7.60. The van der Waals surface area contributed by atoms with Crippen LogP contribution in [0.3, 0.4) is 0 Å². The van der Waals surface area contributed by atoms with Crippen LogP contribution in [-0.4, -0.2) is 16.9 Å². The number of carbonyl (C=O) groups is 1. The Hall–Kier alpha value is -0.240. The van der Waals surface area contributed by atoms with Gasteiger partial charge in [0.25, 0.3) is 0 Å². The zero-order chi connectivity index (χ0) is 9.19. The number of unbranched alkanes of at least 4 members (excludes halogenated alkanes) is 1. The monoisotopic (exact) mass is 190 g/mol. The number of hydrogen-bond donors (Lipinski definition) is 0. The van der Waals surface area contributed by atoms with Crippen LogP contribution in [0, 0.1) is 0 Å². The fraction of sp³-hybridized carbons (Fsp3) is 0.889. The van der Waals surface area contributed by atoms with Crippen LogP contribution in [0.25, 0.3) is 0 Å². The van der Waals surface area contributed by atoms with Crippen molar-refractivity contribution in [2.24, 2.45) is 0 Å². The van der Waals surface area contributed by atoms with Gasteiger partial charge in [-0.1, -0.05) is 19.8 Å². The van der Waals surface area contributed by atoms with Gasteiger partial charge < -0.3 is 4.74 Å². The summed E-state index contributed by atoms with van der Waals surface area (Å²) in [5, 5.41) is 0. The quantitative estimate of drug-likeness (QED) is 0.505. The van der Waals surface area contributed by atoms with Crippen LogP contribution in [0.15, 0.2) is 0 Å². The Morgan fingerprint density at radius 1 is 1.75 bits per heavy atom. The second-order valence-electron chi connectivity index (χ2n) is 3.57. The van der Waals surface area contributed by atoms with Crippen LogP contribution in [0.4, 0.5) is 0 Å². The fourth-order valence-electron chi connectivity index (χ4n) is 1.42. The molecule has 2 nitrogen and oxygen atoms in total. The van der Waals surface area contributed by atoms with Crippen molar-refractivity contribution in [2.45, 2.75) is 50.5 Å². The SMILES string of the molecule is CCCCC1CC(C)(Cl)C(=O)O1. The van der Waals surface area contributed by atoms with Gasteiger partial charge in [-0.05, 0) is 13.3 Å². The van der Waals surface area contributed by atoms with E-state index < -0.39 is 4.87 Å². The molecule has 1 aliphatic heterocycles. The van der Waals surface area contributed by atoms with Gasteiger partial charge in [-0.25, -0.2) is 0 Å². The highest BCUT2D eigenvalue weighted by atomic mass is 35.5. The van der Waals surface area contributed by atoms with E-state index in [4.69, 9.17) is 16.3 Å². The largest absolute Gasteiger partial charge is 0.461 e. The molecule has 0 N–H and O–H groups in total. The first-order chi connectivity index (χ1) is 5.56. The molecule has 0 aliphatic carbocycles. The van der Waals surface area contributed by atoms with Gasteiger partial charge in [0.1, 0.15) is 11.0 Å². The molecule has 2 unspecified atom stereocenters. The molecule has 0 spiro atoms. The summed E-state index contributed by atoms with van der Waals surface area (Å²) < 4.78 is 5.11. The van der Waals surface area contributed by atoms with Gasteiger partial charge in [0.15, 0.2) is 0 Å². The molecule has 0 aromatic carbocycles. The smallest absolute Gasteiger partial charge is 0.327 e. The van der Waals surface area contributed by atoms with Gasteiger partial charge >= 0.3 is 5.97 Å². The van der Waals surface area contributed by atoms with Crippen molar-refractivity contribution in [3.05, 3.63) is 0 Å². The number of cyclic esters (lactones) is 1. The van der Waals surface area contributed by atoms with Gasteiger partial charge in [0.2, 0.25) is 0 Å². The summed E-state index contributed by atoms with van der Waals surface area (Å²) in [5.41, 5.74) is 0. The predicted octanol–water partition coefficient (Wildman–Crippen LogP) is 2.49. The number of halogens is 1. The first-order valence-corrected chi connectivity index (χ1v) is 4.84. The maximum atomic E-state index is 11.1. The maximum absolute atomic E-state index is 11.1. The maximum Gasteiger partial charge on any atom is 0.327 e. The van der Waals surface area contributed by atoms with Crippen LogP contribution in [-0.2, 0) is 9.53 Å². The first-order valence-electron chi connectivity index (χ1n) is 4.46. The second kappa shape index (κ2) is 3.65. The van der Waals surface area contributed by atoms with Crippen molar-refractivity contribution in [3.8, 4) is 0 Å². The summed E-state index contributed by atoms with van der Waals surface area (Å²) in [6.45, 7) is 3.85. The third kappa shape index (κ3) is 2.13. The minimum atomic E-state index is -0.765. The van der Waals surface area contributed by atoms with E-state index in [-0.39, 0.29) is 12.1 Å². The molecule has 1 heterocycles. The van der Waals surface area contributed by atoms with Crippen LogP contribution in [0.1, 0.15) is 39.5 Å². The Balaban J connectivity index is 2.39. The minimum Gasteiger partial charge on any atom is -0.461 e. The van der Waals surface area contributed by atoms with Crippen molar-refractivity contribution in [1.82, 2.24) is 0 Å². The van der Waals surface area contributed by atoms with E-state index in [1.165, 1.54) is 0 Å². The van der Waals surface area contributed by atoms with E-state index in [0.29, 0.717) is 6.42 Å². The summed E-state index contributed by atoms with van der Waals surface area (Å²) in [6, 6.07) is 0. The Morgan fingerprint density at radius 3 is 2.83 bits per heavy atom. The molecule has 0 radical (unpaired) electrons. The molecule has 0 aromatic heterocycles. The molecule has 1 rings (SSSR count). The molecule has 0 saturated carbocycles. The molecule has 12 heavy (non-hydrogen) atoms. The molecule has 1 fully saturated rings. The lowest BCUT2D eigenvalue weighted by Crippen LogP contribution is -2.21. The lowest BCUT2D eigenvalue weighted by atomic mass is 10.0. The Labute approximate surface area is 78.2 Å². The van der Waals surface area contributed by atoms with E-state index in [0.717, 1.165) is 19.3 Å². The van der Waals surface area contributed by atoms with E-state index >= 15 is 0 Å². The Morgan fingerprint density at radius 2 is 2.42 bits per heavy atom. The molecular weight excluding hydrogens is 176 g/mol. The average molecular weight is 191 g/mol. The van der Waals surface area contributed by atoms with Crippen molar-refractivity contribution >= 4 is 17.6 Å². The van der Waals surface area contributed by atoms with Crippen LogP contribution in [0.5, 0.6) is 0 Å². The number of carbonyl (C=O) groups excluding carboxylic acids is 1. The number of esters is 1. The Bertz CT molecular complexity index is 177. The molecule has 70 valence electrons. The normalized spacial score (nSPS) is 35.2. The van der Waals surface area contributed by atoms with Crippen molar-refractivity contribution in [3.63, 3.8) is 0 Å². The molecule has 0 amide bonds. The van der Waals surface area contributed by atoms with Crippen LogP contribution >= 0.6 is 11.6 Å². The van der Waals surface area contributed by atoms with Gasteiger partial charge in [-0.15, -0.1) is 11.6 Å². The summed E-state index contributed by atoms with van der Waals surface area (Å²) in [6.07, 6.45) is 3.90. The summed E-state index contributed by atoms with van der Waals surface area (Å²) in [7, 11) is 0. The molecule has 0 aromatic rings. The van der Waals surface area contributed by atoms with Gasteiger partial charge in [0, 0.05) is 6.42 Å². The predicted molar refractivity (Wildman–Crippen MR) is 48.3 cm³/mol. The topological polar surface area (TPSA) is 26.3 Å². The third-order valence-electron chi connectivity index (χ3n) is 2.19. The molecule has 2 atom stereocenters. The highest BCUT2D eigenvalue weighted by molar-refractivity contribution is 6.34. The van der Waals surface area contributed by atoms with Crippen LogP contribution < -0.4 is 0 Å². The average Bonchev–Trinajstić information content (AvgIpc) is 2.22. The number of hydrogen-bond acceptors (Lipinski definition) is 2. The van der Waals surface area contributed by atoms with Gasteiger partial charge in [-0.2, -0.15) is 0 Å². The molecule has 3 heteroatoms. The first kappa shape index (κ1) is 9.85.